The molecule has 0 radical (unpaired) electrons. The molecule has 0 unspecified atom stereocenters. The first-order valence-electron chi connectivity index (χ1n) is 18.8. The van der Waals surface area contributed by atoms with Gasteiger partial charge in [0, 0.05) is 49.5 Å². The van der Waals surface area contributed by atoms with Gasteiger partial charge in [0.1, 0.15) is 11.2 Å². The number of hydrogen-bond donors (Lipinski definition) is 0. The first-order chi connectivity index (χ1) is 27.3. The third kappa shape index (κ3) is 4.50. The Morgan fingerprint density at radius 1 is 0.291 bits per heavy atom. The van der Waals surface area contributed by atoms with Crippen LogP contribution in [-0.4, -0.2) is 9.13 Å². The summed E-state index contributed by atoms with van der Waals surface area (Å²) in [6.07, 6.45) is 0. The van der Waals surface area contributed by atoms with E-state index >= 15 is 0 Å². The summed E-state index contributed by atoms with van der Waals surface area (Å²) < 4.78 is 11.1. The van der Waals surface area contributed by atoms with Crippen molar-refractivity contribution in [2.24, 2.45) is 0 Å². The molecule has 256 valence electrons. The number of para-hydroxylation sites is 3. The van der Waals surface area contributed by atoms with Gasteiger partial charge in [-0.1, -0.05) is 121 Å². The molecule has 12 rings (SSSR count). The van der Waals surface area contributed by atoms with Crippen LogP contribution in [0.3, 0.4) is 0 Å². The summed E-state index contributed by atoms with van der Waals surface area (Å²) in [7, 11) is 0. The highest BCUT2D eigenvalue weighted by Gasteiger charge is 2.18. The lowest BCUT2D eigenvalue weighted by atomic mass is 9.99. The molecule has 9 aromatic carbocycles. The zero-order valence-electron chi connectivity index (χ0n) is 29.8. The van der Waals surface area contributed by atoms with E-state index in [0.29, 0.717) is 0 Å². The number of nitrogens with zero attached hydrogens (tertiary/aromatic N) is 2. The maximum absolute atomic E-state index is 6.32. The van der Waals surface area contributed by atoms with E-state index in [1.807, 2.05) is 12.1 Å². The predicted molar refractivity (Wildman–Crippen MR) is 231 cm³/mol. The van der Waals surface area contributed by atoms with Crippen molar-refractivity contribution in [3.05, 3.63) is 194 Å². The van der Waals surface area contributed by atoms with Gasteiger partial charge in [-0.25, -0.2) is 0 Å². The van der Waals surface area contributed by atoms with E-state index in [9.17, 15) is 0 Å². The standard InChI is InChI=1S/C52H32N2O/c1-2-12-33(13-3-1)37-28-36-14-4-5-15-39(36)50(31-37)54-47-20-10-7-17-41(47)45-30-35(23-27-49(45)54)34-22-26-48-44(29-34)40-16-6-9-19-46(40)53(48)38-24-25-43-42-18-8-11-21-51(42)55-52(43)32-38/h1-32H. The summed E-state index contributed by atoms with van der Waals surface area (Å²) in [5, 5.41) is 9.68. The minimum atomic E-state index is 0.897. The van der Waals surface area contributed by atoms with Gasteiger partial charge in [-0.15, -0.1) is 0 Å². The molecule has 0 aliphatic carbocycles. The van der Waals surface area contributed by atoms with Gasteiger partial charge in [-0.2, -0.15) is 0 Å². The number of furan rings is 1. The van der Waals surface area contributed by atoms with Gasteiger partial charge in [0.2, 0.25) is 0 Å². The van der Waals surface area contributed by atoms with Crippen LogP contribution in [-0.2, 0) is 0 Å². The molecule has 3 nitrogen and oxygen atoms in total. The Morgan fingerprint density at radius 2 is 0.855 bits per heavy atom. The van der Waals surface area contributed by atoms with Crippen LogP contribution >= 0.6 is 0 Å². The second kappa shape index (κ2) is 11.6. The molecule has 12 aromatic rings. The molecule has 0 amide bonds. The quantitative estimate of drug-likeness (QED) is 0.179. The summed E-state index contributed by atoms with van der Waals surface area (Å²) in [6.45, 7) is 0. The van der Waals surface area contributed by atoms with Crippen LogP contribution in [0.2, 0.25) is 0 Å². The van der Waals surface area contributed by atoms with E-state index in [-0.39, 0.29) is 0 Å². The third-order valence-electron chi connectivity index (χ3n) is 11.5. The zero-order chi connectivity index (χ0) is 36.0. The molecule has 0 atom stereocenters. The van der Waals surface area contributed by atoms with Crippen molar-refractivity contribution in [2.45, 2.75) is 0 Å². The fourth-order valence-corrected chi connectivity index (χ4v) is 8.97. The van der Waals surface area contributed by atoms with Crippen LogP contribution in [0.1, 0.15) is 0 Å². The van der Waals surface area contributed by atoms with Crippen molar-refractivity contribution >= 4 is 76.3 Å². The minimum absolute atomic E-state index is 0.897. The van der Waals surface area contributed by atoms with Crippen molar-refractivity contribution in [2.75, 3.05) is 0 Å². The summed E-state index contributed by atoms with van der Waals surface area (Å²) in [5.74, 6) is 0. The lowest BCUT2D eigenvalue weighted by molar-refractivity contribution is 0.668. The highest BCUT2D eigenvalue weighted by atomic mass is 16.3. The molecule has 55 heavy (non-hydrogen) atoms. The molecule has 0 spiro atoms. The maximum Gasteiger partial charge on any atom is 0.137 e. The molecule has 0 saturated heterocycles. The second-order valence-electron chi connectivity index (χ2n) is 14.5. The Labute approximate surface area is 316 Å². The molecule has 0 saturated carbocycles. The molecule has 3 heteroatoms. The topological polar surface area (TPSA) is 23.0 Å². The molecule has 0 N–H and O–H groups in total. The van der Waals surface area contributed by atoms with Crippen molar-refractivity contribution in [3.8, 4) is 33.6 Å². The first-order valence-corrected chi connectivity index (χ1v) is 18.8. The zero-order valence-corrected chi connectivity index (χ0v) is 29.8. The molecular formula is C52H32N2O. The van der Waals surface area contributed by atoms with Crippen LogP contribution in [0.5, 0.6) is 0 Å². The number of rotatable bonds is 4. The molecule has 0 bridgehead atoms. The lowest BCUT2D eigenvalue weighted by Gasteiger charge is -2.15. The van der Waals surface area contributed by atoms with Gasteiger partial charge >= 0.3 is 0 Å². The first kappa shape index (κ1) is 30.1. The predicted octanol–water partition coefficient (Wildman–Crippen LogP) is 14.3. The normalized spacial score (nSPS) is 12.0. The van der Waals surface area contributed by atoms with Gasteiger partial charge < -0.3 is 13.6 Å². The summed E-state index contributed by atoms with van der Waals surface area (Å²) in [5.41, 5.74) is 13.6. The summed E-state index contributed by atoms with van der Waals surface area (Å²) in [6, 6.07) is 70.4. The fourth-order valence-electron chi connectivity index (χ4n) is 8.97. The highest BCUT2D eigenvalue weighted by Crippen LogP contribution is 2.41. The third-order valence-corrected chi connectivity index (χ3v) is 11.5. The van der Waals surface area contributed by atoms with Crippen LogP contribution in [0.25, 0.3) is 110 Å². The Kier molecular flexibility index (Phi) is 6.34. The van der Waals surface area contributed by atoms with Gasteiger partial charge in [0.25, 0.3) is 0 Å². The van der Waals surface area contributed by atoms with E-state index in [2.05, 4.69) is 191 Å². The summed E-state index contributed by atoms with van der Waals surface area (Å²) >= 11 is 0. The molecule has 3 heterocycles. The Bertz CT molecular complexity index is 3490. The minimum Gasteiger partial charge on any atom is -0.456 e. The average molecular weight is 701 g/mol. The largest absolute Gasteiger partial charge is 0.456 e. The Hall–Kier alpha value is -7.36. The van der Waals surface area contributed by atoms with Crippen LogP contribution in [0.4, 0.5) is 0 Å². The van der Waals surface area contributed by atoms with E-state index in [0.717, 1.165) is 27.6 Å². The van der Waals surface area contributed by atoms with Gasteiger partial charge in [-0.05, 0) is 94.4 Å². The fraction of sp³-hybridized carbons (Fsp3) is 0. The SMILES string of the molecule is c1ccc(-c2cc(-n3c4ccccc4c4cc(-c5ccc6c(c5)c5ccccc5n6-c5ccc6c(c5)oc5ccccc56)ccc43)c3ccccc3c2)cc1. The van der Waals surface area contributed by atoms with E-state index in [1.54, 1.807) is 0 Å². The van der Waals surface area contributed by atoms with Gasteiger partial charge in [-0.3, -0.25) is 0 Å². The van der Waals surface area contributed by atoms with Gasteiger partial charge in [0.05, 0.1) is 27.8 Å². The van der Waals surface area contributed by atoms with Crippen molar-refractivity contribution < 1.29 is 4.42 Å². The maximum atomic E-state index is 6.32. The summed E-state index contributed by atoms with van der Waals surface area (Å²) in [4.78, 5) is 0. The average Bonchev–Trinajstić information content (AvgIpc) is 3.90. The second-order valence-corrected chi connectivity index (χ2v) is 14.5. The highest BCUT2D eigenvalue weighted by molar-refractivity contribution is 6.14. The number of benzene rings is 9. The smallest absolute Gasteiger partial charge is 0.137 e. The number of hydrogen-bond acceptors (Lipinski definition) is 1. The van der Waals surface area contributed by atoms with Crippen molar-refractivity contribution in [3.63, 3.8) is 0 Å². The van der Waals surface area contributed by atoms with Crippen molar-refractivity contribution in [1.82, 2.24) is 9.13 Å². The Morgan fingerprint density at radius 3 is 1.60 bits per heavy atom. The molecule has 0 aliphatic heterocycles. The molecule has 3 aromatic heterocycles. The van der Waals surface area contributed by atoms with Crippen LogP contribution in [0.15, 0.2) is 199 Å². The number of aromatic nitrogens is 2. The van der Waals surface area contributed by atoms with E-state index < -0.39 is 0 Å². The van der Waals surface area contributed by atoms with E-state index in [1.165, 1.54) is 82.3 Å². The van der Waals surface area contributed by atoms with Crippen LogP contribution < -0.4 is 0 Å². The number of fused-ring (bicyclic) bond motifs is 10. The van der Waals surface area contributed by atoms with Gasteiger partial charge in [0.15, 0.2) is 0 Å². The molecular weight excluding hydrogens is 669 g/mol. The molecule has 0 fully saturated rings. The molecule has 0 aliphatic rings. The lowest BCUT2D eigenvalue weighted by Crippen LogP contribution is -1.96. The van der Waals surface area contributed by atoms with E-state index in [4.69, 9.17) is 4.42 Å². The Balaban J connectivity index is 1.04. The van der Waals surface area contributed by atoms with Crippen molar-refractivity contribution in [1.29, 1.82) is 0 Å². The monoisotopic (exact) mass is 700 g/mol. The van der Waals surface area contributed by atoms with Crippen LogP contribution in [0, 0.1) is 0 Å².